The second-order valence-corrected chi connectivity index (χ2v) is 9.00. The first kappa shape index (κ1) is 23.4. The van der Waals surface area contributed by atoms with Crippen molar-refractivity contribution < 1.29 is 17.9 Å². The van der Waals surface area contributed by atoms with Crippen LogP contribution in [-0.4, -0.2) is 41.1 Å². The fourth-order valence-electron chi connectivity index (χ4n) is 3.59. The maximum atomic E-state index is 13.8. The Hall–Kier alpha value is -3.78. The van der Waals surface area contributed by atoms with E-state index in [4.69, 9.17) is 4.74 Å². The number of benzene rings is 2. The molecule has 3 aromatic rings. The second kappa shape index (κ2) is 9.23. The molecule has 1 N–H and O–H groups in total. The number of likely N-dealkylation sites (N-methyl/N-ethyl adjacent to an activating group) is 1. The molecular weight excluding hydrogens is 465 g/mol. The molecule has 0 amide bonds. The summed E-state index contributed by atoms with van der Waals surface area (Å²) in [5.74, 6) is -3.41. The van der Waals surface area contributed by atoms with Gasteiger partial charge in [-0.05, 0) is 49.2 Å². The molecule has 2 heterocycles. The lowest BCUT2D eigenvalue weighted by Crippen LogP contribution is -2.42. The minimum absolute atomic E-state index is 0.0310. The summed E-state index contributed by atoms with van der Waals surface area (Å²) < 4.78 is 47.5. The zero-order valence-electron chi connectivity index (χ0n) is 18.9. The normalized spacial score (nSPS) is 15.6. The molecule has 34 heavy (non-hydrogen) atoms. The molecule has 1 unspecified atom stereocenters. The van der Waals surface area contributed by atoms with Gasteiger partial charge < -0.3 is 15.0 Å². The van der Waals surface area contributed by atoms with E-state index in [0.717, 1.165) is 38.6 Å². The number of nitriles is 1. The van der Waals surface area contributed by atoms with Crippen LogP contribution in [0.25, 0.3) is 10.2 Å². The molecule has 0 bridgehead atoms. The highest BCUT2D eigenvalue weighted by Gasteiger charge is 2.28. The van der Waals surface area contributed by atoms with Gasteiger partial charge in [0.25, 0.3) is 0 Å². The number of aliphatic imine (C=N–C) groups is 1. The number of rotatable bonds is 5. The lowest BCUT2D eigenvalue weighted by molar-refractivity contribution is 0.201. The van der Waals surface area contributed by atoms with E-state index in [2.05, 4.69) is 15.3 Å². The number of aryl methyl sites for hydroxylation is 2. The number of halogens is 3. The van der Waals surface area contributed by atoms with E-state index < -0.39 is 23.6 Å². The van der Waals surface area contributed by atoms with Crippen LogP contribution in [0.5, 0.6) is 0 Å². The highest BCUT2D eigenvalue weighted by Crippen LogP contribution is 2.29. The first-order chi connectivity index (χ1) is 16.2. The summed E-state index contributed by atoms with van der Waals surface area (Å²) in [7, 11) is 3.01. The summed E-state index contributed by atoms with van der Waals surface area (Å²) in [6.07, 6.45) is 2.87. The molecule has 1 aliphatic rings. The van der Waals surface area contributed by atoms with Gasteiger partial charge in [-0.15, -0.1) is 11.3 Å². The van der Waals surface area contributed by atoms with Gasteiger partial charge in [0.1, 0.15) is 0 Å². The van der Waals surface area contributed by atoms with E-state index in [1.807, 2.05) is 32.2 Å². The van der Waals surface area contributed by atoms with Crippen LogP contribution in [0.15, 0.2) is 41.2 Å². The van der Waals surface area contributed by atoms with Crippen molar-refractivity contribution in [2.24, 2.45) is 4.99 Å². The van der Waals surface area contributed by atoms with Gasteiger partial charge in [0.2, 0.25) is 5.96 Å². The van der Waals surface area contributed by atoms with Crippen molar-refractivity contribution >= 4 is 33.2 Å². The van der Waals surface area contributed by atoms with Crippen molar-refractivity contribution in [3.8, 4) is 6.19 Å². The summed E-state index contributed by atoms with van der Waals surface area (Å²) in [5, 5.41) is 13.6. The predicted molar refractivity (Wildman–Crippen MR) is 124 cm³/mol. The van der Waals surface area contributed by atoms with E-state index in [0.29, 0.717) is 11.7 Å². The number of hydrogen-bond acceptors (Lipinski definition) is 8. The second-order valence-electron chi connectivity index (χ2n) is 7.77. The molecule has 0 aliphatic carbocycles. The van der Waals surface area contributed by atoms with Crippen molar-refractivity contribution in [1.29, 1.82) is 5.26 Å². The van der Waals surface area contributed by atoms with Crippen LogP contribution in [0.3, 0.4) is 0 Å². The topological polar surface area (TPSA) is 76.8 Å². The quantitative estimate of drug-likeness (QED) is 0.316. The average molecular weight is 487 g/mol. The number of ether oxygens (including phenoxy) is 1. The predicted octanol–water partition coefficient (Wildman–Crippen LogP) is 4.84. The third-order valence-corrected chi connectivity index (χ3v) is 6.23. The molecule has 0 saturated carbocycles. The van der Waals surface area contributed by atoms with E-state index in [1.54, 1.807) is 29.5 Å². The Labute approximate surface area is 198 Å². The molecule has 0 spiro atoms. The molecule has 1 aliphatic heterocycles. The minimum Gasteiger partial charge on any atom is -0.495 e. The van der Waals surface area contributed by atoms with Gasteiger partial charge in [-0.25, -0.2) is 23.1 Å². The van der Waals surface area contributed by atoms with Crippen molar-refractivity contribution in [1.82, 2.24) is 14.8 Å². The molecule has 0 saturated heterocycles. The average Bonchev–Trinajstić information content (AvgIpc) is 3.16. The van der Waals surface area contributed by atoms with Gasteiger partial charge in [-0.2, -0.15) is 5.26 Å². The maximum absolute atomic E-state index is 13.8. The summed E-state index contributed by atoms with van der Waals surface area (Å²) in [6, 6.07) is 5.77. The lowest BCUT2D eigenvalue weighted by atomic mass is 10.1. The summed E-state index contributed by atoms with van der Waals surface area (Å²) in [5.41, 5.74) is 2.74. The molecule has 176 valence electrons. The highest BCUT2D eigenvalue weighted by atomic mass is 32.1. The van der Waals surface area contributed by atoms with Gasteiger partial charge in [0, 0.05) is 18.9 Å². The zero-order valence-corrected chi connectivity index (χ0v) is 19.7. The fraction of sp³-hybridized carbons (Fsp3) is 0.261. The van der Waals surface area contributed by atoms with Crippen molar-refractivity contribution in [3.05, 3.63) is 69.8 Å². The SMILES string of the molecule is COC1=CN(Cc2cc(F)c(F)c(F)c2)C(Nc2cc3sc(C)nc3cc2C)=NC1N(C)C#N. The number of nitrogens with zero attached hydrogens (tertiary/aromatic N) is 5. The number of anilines is 1. The molecule has 4 rings (SSSR count). The number of thiazole rings is 1. The molecule has 1 atom stereocenters. The summed E-state index contributed by atoms with van der Waals surface area (Å²) in [4.78, 5) is 12.0. The van der Waals surface area contributed by atoms with E-state index in [1.165, 1.54) is 12.0 Å². The number of hydrogen-bond donors (Lipinski definition) is 1. The Kier molecular flexibility index (Phi) is 6.34. The van der Waals surface area contributed by atoms with Crippen LogP contribution >= 0.6 is 11.3 Å². The molecule has 0 radical (unpaired) electrons. The highest BCUT2D eigenvalue weighted by molar-refractivity contribution is 7.18. The van der Waals surface area contributed by atoms with E-state index >= 15 is 0 Å². The van der Waals surface area contributed by atoms with Crippen LogP contribution in [-0.2, 0) is 11.3 Å². The number of methoxy groups -OCH3 is 1. The van der Waals surface area contributed by atoms with Gasteiger partial charge in [0.15, 0.2) is 35.6 Å². The van der Waals surface area contributed by atoms with Gasteiger partial charge in [0.05, 0.1) is 28.9 Å². The standard InChI is InChI=1S/C23H21F3N6OS/c1-12-5-18-20(34-13(2)28-18)8-17(12)29-23-30-22(31(3)11-27)19(33-4)10-32(23)9-14-6-15(24)21(26)16(25)7-14/h5-8,10,22H,9H2,1-4H3,(H,29,30). The number of fused-ring (bicyclic) bond motifs is 1. The van der Waals surface area contributed by atoms with Crippen LogP contribution in [0.4, 0.5) is 18.9 Å². The van der Waals surface area contributed by atoms with Crippen molar-refractivity contribution in [2.75, 3.05) is 19.5 Å². The van der Waals surface area contributed by atoms with Crippen LogP contribution in [0.2, 0.25) is 0 Å². The first-order valence-corrected chi connectivity index (χ1v) is 11.0. The number of nitrogens with one attached hydrogen (secondary N) is 1. The molecule has 2 aromatic carbocycles. The maximum Gasteiger partial charge on any atom is 0.205 e. The van der Waals surface area contributed by atoms with E-state index in [9.17, 15) is 18.4 Å². The molecule has 1 aromatic heterocycles. The Balaban J connectivity index is 1.74. The van der Waals surface area contributed by atoms with Gasteiger partial charge in [-0.1, -0.05) is 0 Å². The Bertz CT molecular complexity index is 1340. The van der Waals surface area contributed by atoms with Gasteiger partial charge >= 0.3 is 0 Å². The molecule has 7 nitrogen and oxygen atoms in total. The van der Waals surface area contributed by atoms with Crippen molar-refractivity contribution in [3.63, 3.8) is 0 Å². The minimum atomic E-state index is -1.53. The Morgan fingerprint density at radius 3 is 2.56 bits per heavy atom. The smallest absolute Gasteiger partial charge is 0.205 e. The van der Waals surface area contributed by atoms with Crippen LogP contribution in [0.1, 0.15) is 16.1 Å². The first-order valence-electron chi connectivity index (χ1n) is 10.2. The Morgan fingerprint density at radius 2 is 1.91 bits per heavy atom. The molecule has 11 heteroatoms. The largest absolute Gasteiger partial charge is 0.495 e. The fourth-order valence-corrected chi connectivity index (χ4v) is 4.44. The molecular formula is C23H21F3N6OS. The summed E-state index contributed by atoms with van der Waals surface area (Å²) in [6.45, 7) is 3.82. The van der Waals surface area contributed by atoms with Crippen LogP contribution in [0, 0.1) is 42.8 Å². The van der Waals surface area contributed by atoms with Crippen molar-refractivity contribution in [2.45, 2.75) is 26.6 Å². The third kappa shape index (κ3) is 4.49. The summed E-state index contributed by atoms with van der Waals surface area (Å²) >= 11 is 1.55. The van der Waals surface area contributed by atoms with E-state index in [-0.39, 0.29) is 12.1 Å². The zero-order chi connectivity index (χ0) is 24.6. The monoisotopic (exact) mass is 486 g/mol. The Morgan fingerprint density at radius 1 is 1.21 bits per heavy atom. The van der Waals surface area contributed by atoms with Gasteiger partial charge in [-0.3, -0.25) is 4.90 Å². The number of aromatic nitrogens is 1. The number of guanidine groups is 1. The lowest BCUT2D eigenvalue weighted by Gasteiger charge is -2.33. The van der Waals surface area contributed by atoms with Crippen LogP contribution < -0.4 is 5.32 Å². The molecule has 0 fully saturated rings. The third-order valence-electron chi connectivity index (χ3n) is 5.30.